The Labute approximate surface area is 88.5 Å². The van der Waals surface area contributed by atoms with E-state index in [1.165, 1.54) is 0 Å². The summed E-state index contributed by atoms with van der Waals surface area (Å²) < 4.78 is 16.7. The molecule has 1 N–H and O–H groups in total. The molecular weight excluding hydrogens is 216 g/mol. The first-order valence-corrected chi connectivity index (χ1v) is 10.7. The smallest absolute Gasteiger partial charge is 0.427 e. The molecule has 0 aliphatic rings. The Morgan fingerprint density at radius 3 is 1.29 bits per heavy atom. The molecule has 0 radical (unpaired) electrons. The molecule has 0 amide bonds. The molecule has 0 spiro atoms. The van der Waals surface area contributed by atoms with Crippen molar-refractivity contribution in [1.82, 2.24) is 0 Å². The summed E-state index contributed by atoms with van der Waals surface area (Å²) >= 11 is 0. The van der Waals surface area contributed by atoms with E-state index in [1.807, 2.05) is 20.8 Å². The molecule has 14 heavy (non-hydrogen) atoms. The fourth-order valence-electron chi connectivity index (χ4n) is 1.22. The molecule has 0 saturated heterocycles. The van der Waals surface area contributed by atoms with Gasteiger partial charge in [-0.05, 0) is 33.9 Å². The van der Waals surface area contributed by atoms with Crippen LogP contribution < -0.4 is 0 Å². The monoisotopic (exact) mass is 238 g/mol. The maximum absolute atomic E-state index is 10.1. The van der Waals surface area contributed by atoms with Gasteiger partial charge in [0.2, 0.25) is 0 Å². The van der Waals surface area contributed by atoms with Crippen molar-refractivity contribution >= 4 is 16.2 Å². The molecule has 0 aromatic carbocycles. The Kier molecular flexibility index (Phi) is 6.11. The third-order valence-corrected chi connectivity index (χ3v) is 11.1. The Morgan fingerprint density at radius 1 is 0.857 bits per heavy atom. The van der Waals surface area contributed by atoms with E-state index < -0.39 is 16.2 Å². The molecule has 0 fully saturated rings. The molecule has 6 heteroatoms. The quantitative estimate of drug-likeness (QED) is 0.680. The van der Waals surface area contributed by atoms with Crippen LogP contribution in [0, 0.1) is 0 Å². The van der Waals surface area contributed by atoms with Gasteiger partial charge in [-0.3, -0.25) is 0 Å². The minimum absolute atomic E-state index is 0.517. The molecule has 86 valence electrons. The lowest BCUT2D eigenvalue weighted by Gasteiger charge is -2.35. The van der Waals surface area contributed by atoms with Gasteiger partial charge in [0.1, 0.15) is 0 Å². The van der Waals surface area contributed by atoms with Gasteiger partial charge in [0, 0.05) is 19.8 Å². The number of hydrogen-bond donors (Lipinski definition) is 1. The van der Waals surface area contributed by atoms with Crippen molar-refractivity contribution in [1.29, 1.82) is 0 Å². The van der Waals surface area contributed by atoms with Crippen LogP contribution in [-0.4, -0.2) is 40.8 Å². The lowest BCUT2D eigenvalue weighted by atomic mass is 10.9. The predicted octanol–water partition coefficient (Wildman–Crippen LogP) is 1.31. The van der Waals surface area contributed by atoms with Gasteiger partial charge in [0.15, 0.2) is 0 Å². The zero-order chi connectivity index (χ0) is 11.2. The van der Waals surface area contributed by atoms with E-state index in [2.05, 4.69) is 0 Å². The second-order valence-corrected chi connectivity index (χ2v) is 14.0. The van der Waals surface area contributed by atoms with Gasteiger partial charge >= 0.3 is 8.32 Å². The fourth-order valence-corrected chi connectivity index (χ4v) is 8.15. The molecule has 0 rings (SSSR count). The van der Waals surface area contributed by atoms with Gasteiger partial charge in [-0.15, -0.1) is 0 Å². The number of rotatable bonds is 7. The summed E-state index contributed by atoms with van der Waals surface area (Å²) in [6.45, 7) is 10.8. The third-order valence-electron chi connectivity index (χ3n) is 1.75. The van der Waals surface area contributed by atoms with Crippen molar-refractivity contribution in [2.45, 2.75) is 33.9 Å². The topological polar surface area (TPSA) is 47.9 Å². The summed E-state index contributed by atoms with van der Waals surface area (Å²) in [5.41, 5.74) is 0. The van der Waals surface area contributed by atoms with Crippen molar-refractivity contribution in [3.05, 3.63) is 0 Å². The average molecular weight is 238 g/mol. The summed E-state index contributed by atoms with van der Waals surface area (Å²) in [6.07, 6.45) is 0. The highest BCUT2D eigenvalue weighted by Gasteiger charge is 2.57. The highest BCUT2D eigenvalue weighted by atomic mass is 29.3. The third kappa shape index (κ3) is 3.45. The molecule has 0 aliphatic heterocycles. The van der Waals surface area contributed by atoms with E-state index >= 15 is 0 Å². The normalized spacial score (nSPS) is 13.3. The van der Waals surface area contributed by atoms with Crippen LogP contribution in [0.3, 0.4) is 0 Å². The maximum Gasteiger partial charge on any atom is 0.502 e. The Hall–Kier alpha value is 0.274. The number of hydrogen-bond acceptors (Lipinski definition) is 4. The first-order valence-electron chi connectivity index (χ1n) is 5.07. The predicted molar refractivity (Wildman–Crippen MR) is 60.3 cm³/mol. The Morgan fingerprint density at radius 2 is 1.14 bits per heavy atom. The largest absolute Gasteiger partial charge is 0.502 e. The molecule has 0 aromatic rings. The molecular formula is C8H22O4Si2. The minimum atomic E-state index is -2.80. The molecule has 0 heterocycles. The van der Waals surface area contributed by atoms with Gasteiger partial charge in [-0.1, -0.05) is 0 Å². The molecule has 0 aliphatic carbocycles. The lowest BCUT2D eigenvalue weighted by molar-refractivity contribution is 0.0859. The zero-order valence-corrected chi connectivity index (χ0v) is 11.8. The Bertz CT molecular complexity index is 141. The van der Waals surface area contributed by atoms with Crippen LogP contribution in [0.5, 0.6) is 0 Å². The summed E-state index contributed by atoms with van der Waals surface area (Å²) in [6, 6.07) is 0. The maximum atomic E-state index is 10.1. The van der Waals surface area contributed by atoms with Crippen LogP contribution in [0.4, 0.5) is 0 Å². The van der Waals surface area contributed by atoms with Crippen molar-refractivity contribution < 1.29 is 18.1 Å². The Balaban J connectivity index is 4.73. The highest BCUT2D eigenvalue weighted by Crippen LogP contribution is 2.20. The molecule has 0 bridgehead atoms. The molecule has 0 aromatic heterocycles. The van der Waals surface area contributed by atoms with Gasteiger partial charge in [-0.2, -0.15) is 0 Å². The second-order valence-electron chi connectivity index (χ2n) is 3.41. The summed E-state index contributed by atoms with van der Waals surface area (Å²) in [5.74, 6) is 0. The van der Waals surface area contributed by atoms with E-state index in [0.717, 1.165) is 0 Å². The van der Waals surface area contributed by atoms with E-state index in [1.54, 1.807) is 13.1 Å². The van der Waals surface area contributed by atoms with Crippen molar-refractivity contribution in [3.8, 4) is 0 Å². The van der Waals surface area contributed by atoms with Crippen LogP contribution in [0.1, 0.15) is 20.8 Å². The average Bonchev–Trinajstić information content (AvgIpc) is 2.03. The van der Waals surface area contributed by atoms with E-state index in [-0.39, 0.29) is 0 Å². The van der Waals surface area contributed by atoms with Crippen LogP contribution in [0.15, 0.2) is 0 Å². The summed E-state index contributed by atoms with van der Waals surface area (Å²) in [7, 11) is -5.33. The van der Waals surface area contributed by atoms with Crippen LogP contribution in [0.2, 0.25) is 13.1 Å². The molecule has 0 saturated carbocycles. The van der Waals surface area contributed by atoms with Crippen molar-refractivity contribution in [2.75, 3.05) is 19.8 Å². The second kappa shape index (κ2) is 5.99. The van der Waals surface area contributed by atoms with Gasteiger partial charge in [0.05, 0.1) is 0 Å². The first-order chi connectivity index (χ1) is 6.43. The lowest BCUT2D eigenvalue weighted by Crippen LogP contribution is -2.66. The summed E-state index contributed by atoms with van der Waals surface area (Å²) in [5, 5.41) is 0. The van der Waals surface area contributed by atoms with Gasteiger partial charge in [-0.25, -0.2) is 0 Å². The minimum Gasteiger partial charge on any atom is -0.427 e. The van der Waals surface area contributed by atoms with Crippen LogP contribution in [0.25, 0.3) is 0 Å². The zero-order valence-electron chi connectivity index (χ0n) is 9.79. The van der Waals surface area contributed by atoms with Crippen molar-refractivity contribution in [2.24, 2.45) is 0 Å². The van der Waals surface area contributed by atoms with Crippen LogP contribution in [-0.2, 0) is 13.3 Å². The molecule has 4 nitrogen and oxygen atoms in total. The standard InChI is InChI=1S/C8H22O4Si2/c1-6-10-14(11-7-2,12-8-3)13(4,5)9/h9H,6-8H2,1-5H3. The van der Waals surface area contributed by atoms with Crippen LogP contribution >= 0.6 is 0 Å². The van der Waals surface area contributed by atoms with Crippen molar-refractivity contribution in [3.63, 3.8) is 0 Å². The molecule has 0 atom stereocenters. The van der Waals surface area contributed by atoms with E-state index in [0.29, 0.717) is 19.8 Å². The highest BCUT2D eigenvalue weighted by molar-refractivity contribution is 7.30. The fraction of sp³-hybridized carbons (Fsp3) is 1.00. The molecule has 0 unspecified atom stereocenters. The van der Waals surface area contributed by atoms with Gasteiger partial charge in [0.25, 0.3) is 7.83 Å². The van der Waals surface area contributed by atoms with E-state index in [4.69, 9.17) is 13.3 Å². The van der Waals surface area contributed by atoms with Gasteiger partial charge < -0.3 is 18.1 Å². The first kappa shape index (κ1) is 14.3. The SMILES string of the molecule is CCO[Si](OCC)(OCC)[Si](C)(C)O. The van der Waals surface area contributed by atoms with E-state index in [9.17, 15) is 4.80 Å². The summed E-state index contributed by atoms with van der Waals surface area (Å²) in [4.78, 5) is 10.1.